The van der Waals surface area contributed by atoms with E-state index < -0.39 is 108 Å². The number of hydrogen-bond donors (Lipinski definition) is 1. The van der Waals surface area contributed by atoms with E-state index in [4.69, 9.17) is 61.6 Å². The van der Waals surface area contributed by atoms with Crippen molar-refractivity contribution < 1.29 is 131 Å². The molecule has 1 N–H and O–H groups in total. The van der Waals surface area contributed by atoms with Crippen molar-refractivity contribution in [3.8, 4) is 0 Å². The van der Waals surface area contributed by atoms with Crippen molar-refractivity contribution in [2.24, 2.45) is 55.7 Å². The number of alkyl halides is 3. The Morgan fingerprint density at radius 1 is 0.567 bits per heavy atom. The summed E-state index contributed by atoms with van der Waals surface area (Å²) in [5, 5.41) is 10.9. The molecule has 120 heavy (non-hydrogen) atoms. The van der Waals surface area contributed by atoms with Gasteiger partial charge in [0.15, 0.2) is 33.0 Å². The fourth-order valence-electron chi connectivity index (χ4n) is 15.1. The second kappa shape index (κ2) is 41.2. The maximum Gasteiger partial charge on any atom is 0.426 e. The summed E-state index contributed by atoms with van der Waals surface area (Å²) >= 11 is 0. The predicted molar refractivity (Wildman–Crippen MR) is 438 cm³/mol. The van der Waals surface area contributed by atoms with Crippen molar-refractivity contribution in [1.29, 1.82) is 0 Å². The molecule has 0 amide bonds. The summed E-state index contributed by atoms with van der Waals surface area (Å²) in [6.07, 6.45) is -5.05. The van der Waals surface area contributed by atoms with Gasteiger partial charge < -0.3 is 76.0 Å². The number of carbonyl (C=O) groups is 7. The summed E-state index contributed by atoms with van der Waals surface area (Å²) in [4.78, 5) is 90.0. The molecule has 676 valence electrons. The van der Waals surface area contributed by atoms with Crippen LogP contribution in [0.3, 0.4) is 0 Å². The molecule has 9 fully saturated rings. The molecule has 25 nitrogen and oxygen atoms in total. The first kappa shape index (κ1) is 101. The largest absolute Gasteiger partial charge is 0.748 e. The zero-order valence-electron chi connectivity index (χ0n) is 74.1. The number of esters is 7. The van der Waals surface area contributed by atoms with Crippen molar-refractivity contribution in [3.05, 3.63) is 91.0 Å². The molecule has 13 atom stereocenters. The van der Waals surface area contributed by atoms with E-state index in [0.717, 1.165) is 12.8 Å². The predicted octanol–water partition coefficient (Wildman–Crippen LogP) is 15.2. The number of fused-ring (bicyclic) bond motifs is 2. The van der Waals surface area contributed by atoms with Crippen LogP contribution in [0.4, 0.5) is 13.2 Å². The molecule has 4 saturated carbocycles. The van der Waals surface area contributed by atoms with E-state index in [0.29, 0.717) is 77.8 Å². The zero-order chi connectivity index (χ0) is 89.6. The standard InChI is InChI=1S/C21H40O7.C20H29F3O7S.C18H32O6.C18H15S.C13H18O5/c1-10-20(8,9)17(23)27-14-21(24,11-16(22)28-19(5,6)7)13-26-15-25-12-18(2,3)4;1-4-17(2,3)15(24)30-19-8-12-5-13(9-19)7-18(6-12,11-19)16(25)29-14(20(21,22)23)10-31(26,27)28;1-7-18(5,6)16(19)24-13-9-22-14-12(8-21-15(13)14)23-11-20-10-17(2,3)4;1-4-10-16(11-5-1)19(17-12-6-2-7-13-17)18-14-8-3-9-15-18;1-4-13(2,3)12(15)18-9-7-5-6-8(16-7)10(9)17-11(6)14/h24H,10-15H2,1-9H3;12-14H,4-11H2,1-3H3,(H,26,27,28);12-15H,7-11H2,1-6H3;1-15H;6-10H,4-5H2,1-3H3/q;;;+1;/p-1. The SMILES string of the molecule is CCC(C)(C)C(=O)OC12CC3CC(C1)CC(C(=O)OC(CS(=O)(=O)[O-])C(F)(F)F)(C3)C2.CCC(C)(C)C(=O)OC1C2CC3C(=O)OC1C3O2.CCC(C)(C)C(=O)OC1COC2C(OCOCC(C)(C)C)COC12.CCC(C)(C)C(=O)OCC(O)(COCOCC(C)(C)C)CC(=O)OC(C)(C)C.c1ccc([S+](c2ccccc2)c2ccccc2)cc1. The molecular weight excluding hydrogens is 1600 g/mol. The molecule has 3 aromatic rings. The molecule has 5 saturated heterocycles. The second-order valence-electron chi connectivity index (χ2n) is 39.1. The van der Waals surface area contributed by atoms with Crippen molar-refractivity contribution in [2.75, 3.05) is 59.0 Å². The maximum atomic E-state index is 13.3. The summed E-state index contributed by atoms with van der Waals surface area (Å²) in [5.41, 5.74) is -6.93. The molecule has 0 radical (unpaired) electrons. The lowest BCUT2D eigenvalue weighted by Gasteiger charge is -2.60. The van der Waals surface area contributed by atoms with Gasteiger partial charge in [-0.3, -0.25) is 33.6 Å². The van der Waals surface area contributed by atoms with Crippen LogP contribution in [0.1, 0.15) is 222 Å². The monoisotopic (exact) mass is 1730 g/mol. The third-order valence-electron chi connectivity index (χ3n) is 23.0. The fourth-order valence-corrected chi connectivity index (χ4v) is 17.8. The van der Waals surface area contributed by atoms with E-state index >= 15 is 0 Å². The van der Waals surface area contributed by atoms with Gasteiger partial charge in [-0.1, -0.05) is 124 Å². The van der Waals surface area contributed by atoms with Gasteiger partial charge >= 0.3 is 48.0 Å². The van der Waals surface area contributed by atoms with Crippen LogP contribution < -0.4 is 0 Å². The third-order valence-corrected chi connectivity index (χ3v) is 25.9. The van der Waals surface area contributed by atoms with E-state index in [9.17, 15) is 64.8 Å². The molecular formula is C90H133F3O25S2. The van der Waals surface area contributed by atoms with Gasteiger partial charge in [0.25, 0.3) is 0 Å². The highest BCUT2D eigenvalue weighted by atomic mass is 32.2. The first-order chi connectivity index (χ1) is 55.5. The molecule has 30 heteroatoms. The molecule has 5 heterocycles. The van der Waals surface area contributed by atoms with E-state index in [1.54, 1.807) is 48.5 Å². The van der Waals surface area contributed by atoms with E-state index in [-0.39, 0.29) is 134 Å². The molecule has 0 spiro atoms. The Balaban J connectivity index is 0.000000209. The Labute approximate surface area is 711 Å². The second-order valence-corrected chi connectivity index (χ2v) is 42.6. The van der Waals surface area contributed by atoms with Crippen LogP contribution in [-0.2, 0) is 121 Å². The van der Waals surface area contributed by atoms with Gasteiger partial charge in [0.1, 0.15) is 61.4 Å². The Morgan fingerprint density at radius 2 is 1.02 bits per heavy atom. The number of carbonyl (C=O) groups excluding carboxylic acids is 7. The van der Waals surface area contributed by atoms with Gasteiger partial charge in [-0.15, -0.1) is 0 Å². The van der Waals surface area contributed by atoms with E-state index in [1.807, 2.05) is 76.2 Å². The van der Waals surface area contributed by atoms with Gasteiger partial charge in [-0.25, -0.2) is 8.42 Å². The van der Waals surface area contributed by atoms with Gasteiger partial charge in [0.05, 0.1) is 105 Å². The number of benzene rings is 3. The van der Waals surface area contributed by atoms with Crippen LogP contribution in [0.5, 0.6) is 0 Å². The number of halogens is 3. The zero-order valence-corrected chi connectivity index (χ0v) is 75.8. The van der Waals surface area contributed by atoms with Crippen molar-refractivity contribution in [2.45, 2.75) is 315 Å². The molecule has 5 aliphatic heterocycles. The van der Waals surface area contributed by atoms with Gasteiger partial charge in [0, 0.05) is 6.42 Å². The molecule has 9 aliphatic rings. The Hall–Kier alpha value is -6.32. The summed E-state index contributed by atoms with van der Waals surface area (Å²) < 4.78 is 149. The third kappa shape index (κ3) is 28.9. The average Bonchev–Trinajstić information content (AvgIpc) is 1.69. The van der Waals surface area contributed by atoms with Crippen LogP contribution in [-0.4, -0.2) is 197 Å². The highest BCUT2D eigenvalue weighted by molar-refractivity contribution is 7.97. The number of ether oxygens (including phenoxy) is 14. The number of rotatable bonds is 31. The lowest BCUT2D eigenvalue weighted by atomic mass is 9.48. The van der Waals surface area contributed by atoms with Crippen LogP contribution in [0.25, 0.3) is 0 Å². The fraction of sp³-hybridized carbons (Fsp3) is 0.722. The van der Waals surface area contributed by atoms with Crippen LogP contribution >= 0.6 is 0 Å². The lowest BCUT2D eigenvalue weighted by molar-refractivity contribution is -0.239. The van der Waals surface area contributed by atoms with Crippen molar-refractivity contribution in [1.82, 2.24) is 0 Å². The van der Waals surface area contributed by atoms with Crippen LogP contribution in [0, 0.1) is 55.7 Å². The maximum absolute atomic E-state index is 13.3. The minimum absolute atomic E-state index is 0.00100. The first-order valence-electron chi connectivity index (χ1n) is 41.8. The van der Waals surface area contributed by atoms with Crippen molar-refractivity contribution in [3.63, 3.8) is 0 Å². The summed E-state index contributed by atoms with van der Waals surface area (Å²) in [5.74, 6) is -5.29. The average molecular weight is 1740 g/mol. The normalized spacial score (nSPS) is 26.2. The first-order valence-corrected chi connectivity index (χ1v) is 44.6. The van der Waals surface area contributed by atoms with Crippen LogP contribution in [0.15, 0.2) is 106 Å². The van der Waals surface area contributed by atoms with Crippen LogP contribution in [0.2, 0.25) is 0 Å². The Morgan fingerprint density at radius 3 is 1.48 bits per heavy atom. The van der Waals surface area contributed by atoms with E-state index in [2.05, 4.69) is 117 Å². The summed E-state index contributed by atoms with van der Waals surface area (Å²) in [6, 6.07) is 32.2. The van der Waals surface area contributed by atoms with Gasteiger partial charge in [0.2, 0.25) is 6.10 Å². The Bertz CT molecular complexity index is 3860. The molecule has 12 rings (SSSR count). The minimum atomic E-state index is -5.27. The van der Waals surface area contributed by atoms with Gasteiger partial charge in [-0.05, 0) is 199 Å². The van der Waals surface area contributed by atoms with Gasteiger partial charge in [-0.2, -0.15) is 13.2 Å². The Kier molecular flexibility index (Phi) is 34.6. The summed E-state index contributed by atoms with van der Waals surface area (Å²) in [6.45, 7) is 41.3. The molecule has 6 bridgehead atoms. The summed E-state index contributed by atoms with van der Waals surface area (Å²) in [7, 11) is -5.29. The quantitative estimate of drug-likeness (QED) is 0.0156. The minimum Gasteiger partial charge on any atom is -0.748 e. The van der Waals surface area contributed by atoms with E-state index in [1.165, 1.54) is 14.7 Å². The molecule has 13 unspecified atom stereocenters. The highest BCUT2D eigenvalue weighted by Crippen LogP contribution is 2.64. The van der Waals surface area contributed by atoms with Crippen molar-refractivity contribution >= 4 is 62.8 Å². The number of hydrogen-bond acceptors (Lipinski definition) is 25. The topological polar surface area (TPSA) is 326 Å². The molecule has 4 aliphatic carbocycles. The number of aliphatic hydroxyl groups is 1. The molecule has 3 aromatic carbocycles. The highest BCUT2D eigenvalue weighted by Gasteiger charge is 2.67. The lowest BCUT2D eigenvalue weighted by Crippen LogP contribution is -2.61. The molecule has 0 aromatic heterocycles. The smallest absolute Gasteiger partial charge is 0.426 e.